The minimum atomic E-state index is -3.91. The highest BCUT2D eigenvalue weighted by Crippen LogP contribution is 2.42. The fourth-order valence-corrected chi connectivity index (χ4v) is 6.15. The Morgan fingerprint density at radius 2 is 1.76 bits per heavy atom. The summed E-state index contributed by atoms with van der Waals surface area (Å²) in [6.07, 6.45) is 5.60. The molecule has 172 valence electrons. The maximum absolute atomic E-state index is 13.4. The molecule has 1 unspecified atom stereocenters. The molecule has 2 aromatic carbocycles. The van der Waals surface area contributed by atoms with Crippen LogP contribution in [0, 0.1) is 0 Å². The van der Waals surface area contributed by atoms with Crippen molar-refractivity contribution >= 4 is 15.9 Å². The number of benzene rings is 2. The van der Waals surface area contributed by atoms with E-state index in [1.54, 1.807) is 32.3 Å². The van der Waals surface area contributed by atoms with Crippen molar-refractivity contribution in [2.75, 3.05) is 6.61 Å². The number of aromatic nitrogens is 2. The molecule has 7 nitrogen and oxygen atoms in total. The van der Waals surface area contributed by atoms with Crippen LogP contribution >= 0.6 is 0 Å². The van der Waals surface area contributed by atoms with Gasteiger partial charge in [0.05, 0.1) is 0 Å². The van der Waals surface area contributed by atoms with Crippen molar-refractivity contribution in [3.63, 3.8) is 0 Å². The lowest BCUT2D eigenvalue weighted by Gasteiger charge is -2.38. The number of ether oxygens (including phenoxy) is 1. The van der Waals surface area contributed by atoms with Crippen LogP contribution in [0.2, 0.25) is 0 Å². The van der Waals surface area contributed by atoms with Gasteiger partial charge >= 0.3 is 0 Å². The summed E-state index contributed by atoms with van der Waals surface area (Å²) in [5, 5.41) is 8.57. The van der Waals surface area contributed by atoms with E-state index in [-0.39, 0.29) is 18.4 Å². The third-order valence-electron chi connectivity index (χ3n) is 5.79. The fourth-order valence-electron chi connectivity index (χ4n) is 4.39. The highest BCUT2D eigenvalue weighted by atomic mass is 32.2. The zero-order valence-electron chi connectivity index (χ0n) is 18.6. The molecule has 0 spiro atoms. The van der Waals surface area contributed by atoms with Crippen molar-refractivity contribution in [3.05, 3.63) is 84.4 Å². The Morgan fingerprint density at radius 3 is 2.42 bits per heavy atom. The van der Waals surface area contributed by atoms with Crippen molar-refractivity contribution in [3.8, 4) is 11.1 Å². The Hall–Kier alpha value is -3.10. The van der Waals surface area contributed by atoms with E-state index >= 15 is 0 Å². The largest absolute Gasteiger partial charge is 0.472 e. The monoisotopic (exact) mass is 465 g/mol. The molecule has 1 aliphatic heterocycles. The first kappa shape index (κ1) is 23.1. The van der Waals surface area contributed by atoms with Crippen LogP contribution in [0.25, 0.3) is 11.1 Å². The second-order valence-corrected chi connectivity index (χ2v) is 10.3. The van der Waals surface area contributed by atoms with Gasteiger partial charge in [0.1, 0.15) is 17.2 Å². The number of aliphatic hydroxyl groups is 1. The molecule has 0 saturated heterocycles. The van der Waals surface area contributed by atoms with E-state index in [0.717, 1.165) is 16.7 Å². The predicted molar refractivity (Wildman–Crippen MR) is 127 cm³/mol. The first-order valence-electron chi connectivity index (χ1n) is 10.8. The molecular formula is C25H27N3O4S. The second-order valence-electron chi connectivity index (χ2n) is 8.66. The van der Waals surface area contributed by atoms with Crippen LogP contribution in [0.3, 0.4) is 0 Å². The quantitative estimate of drug-likeness (QED) is 0.559. The number of sulfonamides is 1. The topological polar surface area (TPSA) is 102 Å². The smallest absolute Gasteiger partial charge is 0.267 e. The van der Waals surface area contributed by atoms with Gasteiger partial charge in [-0.1, -0.05) is 48.5 Å². The third-order valence-corrected chi connectivity index (χ3v) is 7.69. The zero-order valence-corrected chi connectivity index (χ0v) is 19.4. The van der Waals surface area contributed by atoms with Crippen LogP contribution in [0.4, 0.5) is 0 Å². The lowest BCUT2D eigenvalue weighted by Crippen LogP contribution is -2.43. The average Bonchev–Trinajstić information content (AvgIpc) is 2.78. The van der Waals surface area contributed by atoms with Gasteiger partial charge in [0.25, 0.3) is 10.0 Å². The molecule has 1 aromatic heterocycles. The molecule has 0 bridgehead atoms. The number of hydrogen-bond donors (Lipinski definition) is 1. The Bertz CT molecular complexity index is 1230. The summed E-state index contributed by atoms with van der Waals surface area (Å²) < 4.78 is 37.0. The van der Waals surface area contributed by atoms with Crippen molar-refractivity contribution in [1.82, 2.24) is 9.97 Å². The Labute approximate surface area is 194 Å². The van der Waals surface area contributed by atoms with Gasteiger partial charge in [-0.05, 0) is 48.9 Å². The van der Waals surface area contributed by atoms with Crippen LogP contribution < -0.4 is 0 Å². The van der Waals surface area contributed by atoms with Crippen molar-refractivity contribution in [2.45, 2.75) is 43.5 Å². The summed E-state index contributed by atoms with van der Waals surface area (Å²) in [6.45, 7) is 3.53. The minimum Gasteiger partial charge on any atom is -0.472 e. The fraction of sp³-hybridized carbons (Fsp3) is 0.320. The summed E-state index contributed by atoms with van der Waals surface area (Å²) in [6, 6.07) is 17.0. The highest BCUT2D eigenvalue weighted by molar-refractivity contribution is 7.90. The highest BCUT2D eigenvalue weighted by Gasteiger charge is 2.47. The molecule has 3 aromatic rings. The lowest BCUT2D eigenvalue weighted by atomic mass is 9.92. The summed E-state index contributed by atoms with van der Waals surface area (Å²) in [5.74, 6) is 0.0741. The van der Waals surface area contributed by atoms with E-state index < -0.39 is 20.9 Å². The van der Waals surface area contributed by atoms with Crippen LogP contribution in [0.5, 0.6) is 0 Å². The number of aliphatic hydroxyl groups excluding tert-OH is 1. The van der Waals surface area contributed by atoms with E-state index in [2.05, 4.69) is 14.4 Å². The second kappa shape index (κ2) is 9.41. The first-order chi connectivity index (χ1) is 15.8. The van der Waals surface area contributed by atoms with E-state index in [0.29, 0.717) is 18.4 Å². The van der Waals surface area contributed by atoms with Gasteiger partial charge < -0.3 is 9.84 Å². The maximum Gasteiger partial charge on any atom is 0.267 e. The summed E-state index contributed by atoms with van der Waals surface area (Å²) in [5.41, 5.74) is 2.18. The Morgan fingerprint density at radius 1 is 1.03 bits per heavy atom. The molecule has 2 heterocycles. The van der Waals surface area contributed by atoms with Gasteiger partial charge in [-0.25, -0.2) is 18.4 Å². The Balaban J connectivity index is 1.67. The van der Waals surface area contributed by atoms with E-state index in [4.69, 9.17) is 4.74 Å². The maximum atomic E-state index is 13.4. The molecule has 0 fully saturated rings. The molecule has 4 rings (SSSR count). The van der Waals surface area contributed by atoms with Gasteiger partial charge in [-0.15, -0.1) is 4.40 Å². The minimum absolute atomic E-state index is 0.0123. The van der Waals surface area contributed by atoms with E-state index in [1.165, 1.54) is 6.33 Å². The van der Waals surface area contributed by atoms with E-state index in [9.17, 15) is 13.5 Å². The molecule has 0 aliphatic carbocycles. The molecule has 0 amide bonds. The molecular weight excluding hydrogens is 438 g/mol. The molecule has 2 atom stereocenters. The molecule has 0 saturated carbocycles. The van der Waals surface area contributed by atoms with Gasteiger partial charge in [-0.2, -0.15) is 0 Å². The lowest BCUT2D eigenvalue weighted by molar-refractivity contribution is 0.0798. The van der Waals surface area contributed by atoms with Crippen molar-refractivity contribution < 1.29 is 18.3 Å². The summed E-state index contributed by atoms with van der Waals surface area (Å²) in [4.78, 5) is 8.09. The SMILES string of the molecule is CC1(C)OC(C[C@@H](CCO)c2ccccc2)=NS(=O)(=O)C1c1cccc(-c2cncnc2)c1. The average molecular weight is 466 g/mol. The molecule has 33 heavy (non-hydrogen) atoms. The third kappa shape index (κ3) is 5.12. The Kier molecular flexibility index (Phi) is 6.58. The van der Waals surface area contributed by atoms with Gasteiger partial charge in [0.15, 0.2) is 0 Å². The van der Waals surface area contributed by atoms with E-state index in [1.807, 2.05) is 48.5 Å². The normalized spacial score (nSPS) is 19.8. The molecule has 8 heteroatoms. The predicted octanol–water partition coefficient (Wildman–Crippen LogP) is 4.28. The molecule has 1 N–H and O–H groups in total. The summed E-state index contributed by atoms with van der Waals surface area (Å²) >= 11 is 0. The van der Waals surface area contributed by atoms with Crippen molar-refractivity contribution in [1.29, 1.82) is 0 Å². The van der Waals surface area contributed by atoms with Gasteiger partial charge in [0, 0.05) is 31.0 Å². The van der Waals surface area contributed by atoms with Gasteiger partial charge in [0.2, 0.25) is 5.90 Å². The zero-order chi connectivity index (χ0) is 23.5. The van der Waals surface area contributed by atoms with Crippen LogP contribution in [-0.4, -0.2) is 41.6 Å². The number of hydrogen-bond acceptors (Lipinski definition) is 6. The van der Waals surface area contributed by atoms with Crippen molar-refractivity contribution in [2.24, 2.45) is 4.40 Å². The number of nitrogens with zero attached hydrogens (tertiary/aromatic N) is 3. The van der Waals surface area contributed by atoms with Crippen LogP contribution in [0.15, 0.2) is 77.7 Å². The first-order valence-corrected chi connectivity index (χ1v) is 12.3. The molecule has 1 aliphatic rings. The summed E-state index contributed by atoms with van der Waals surface area (Å²) in [7, 11) is -3.91. The van der Waals surface area contributed by atoms with Crippen LogP contribution in [-0.2, 0) is 14.8 Å². The molecule has 0 radical (unpaired) electrons. The van der Waals surface area contributed by atoms with Crippen LogP contribution in [0.1, 0.15) is 49.0 Å². The van der Waals surface area contributed by atoms with Gasteiger partial charge in [-0.3, -0.25) is 0 Å². The standard InChI is InChI=1S/C25H27N3O4S/c1-25(2)24(21-10-6-9-19(13-21)22-15-26-17-27-16-22)33(30,31)28-23(32-25)14-20(11-12-29)18-7-4-3-5-8-18/h3-10,13,15-17,20,24,29H,11-12,14H2,1-2H3/t20-,24?/m1/s1. The number of rotatable bonds is 7.